The first-order valence-corrected chi connectivity index (χ1v) is 30.3. The highest BCUT2D eigenvalue weighted by atomic mass is 31.2. The Morgan fingerprint density at radius 1 is 0.500 bits per heavy atom. The Balaban J connectivity index is 5.39. The van der Waals surface area contributed by atoms with Crippen molar-refractivity contribution in [2.75, 3.05) is 40.9 Å². The molecule has 400 valence electrons. The van der Waals surface area contributed by atoms with Crippen LogP contribution in [0.3, 0.4) is 0 Å². The molecular formula is C58H112N2O7P+. The van der Waals surface area contributed by atoms with Crippen LogP contribution in [0.2, 0.25) is 0 Å². The van der Waals surface area contributed by atoms with Gasteiger partial charge >= 0.3 is 13.8 Å². The Labute approximate surface area is 421 Å². The molecule has 0 saturated carbocycles. The van der Waals surface area contributed by atoms with E-state index < -0.39 is 20.0 Å². The van der Waals surface area contributed by atoms with Gasteiger partial charge in [-0.15, -0.1) is 0 Å². The number of likely N-dealkylation sites (N-methyl/N-ethyl adjacent to an activating group) is 1. The summed E-state index contributed by atoms with van der Waals surface area (Å²) in [6.07, 6.45) is 57.0. The van der Waals surface area contributed by atoms with Gasteiger partial charge in [-0.1, -0.05) is 212 Å². The predicted octanol–water partition coefficient (Wildman–Crippen LogP) is 17.2. The molecule has 0 aliphatic heterocycles. The monoisotopic (exact) mass is 980 g/mol. The molecule has 2 N–H and O–H groups in total. The molecule has 3 atom stereocenters. The van der Waals surface area contributed by atoms with Crippen LogP contribution in [0.1, 0.15) is 271 Å². The summed E-state index contributed by atoms with van der Waals surface area (Å²) < 4.78 is 30.6. The number of rotatable bonds is 52. The lowest BCUT2D eigenvalue weighted by atomic mass is 10.0. The van der Waals surface area contributed by atoms with Crippen molar-refractivity contribution in [1.29, 1.82) is 0 Å². The first-order valence-electron chi connectivity index (χ1n) is 28.8. The van der Waals surface area contributed by atoms with E-state index in [1.165, 1.54) is 148 Å². The maximum atomic E-state index is 13.5. The first kappa shape index (κ1) is 66.2. The van der Waals surface area contributed by atoms with Crippen LogP contribution in [0.5, 0.6) is 0 Å². The van der Waals surface area contributed by atoms with E-state index in [1.807, 2.05) is 33.3 Å². The Hall–Kier alpha value is -1.77. The summed E-state index contributed by atoms with van der Waals surface area (Å²) in [6.45, 7) is 7.00. The van der Waals surface area contributed by atoms with Crippen LogP contribution >= 0.6 is 7.82 Å². The summed E-state index contributed by atoms with van der Waals surface area (Å²) in [7, 11) is 1.49. The summed E-state index contributed by atoms with van der Waals surface area (Å²) in [5.74, 6) is -0.527. The molecule has 0 rings (SSSR count). The van der Waals surface area contributed by atoms with Crippen molar-refractivity contribution >= 4 is 19.7 Å². The lowest BCUT2D eigenvalue weighted by Gasteiger charge is -2.27. The summed E-state index contributed by atoms with van der Waals surface area (Å²) in [4.78, 5) is 37.5. The third-order valence-corrected chi connectivity index (χ3v) is 13.8. The summed E-state index contributed by atoms with van der Waals surface area (Å²) in [6, 6.07) is -0.855. The topological polar surface area (TPSA) is 111 Å². The molecule has 0 saturated heterocycles. The second-order valence-corrected chi connectivity index (χ2v) is 22.3. The van der Waals surface area contributed by atoms with E-state index >= 15 is 0 Å². The molecule has 0 aromatic carbocycles. The quantitative estimate of drug-likeness (QED) is 0.0205. The zero-order valence-electron chi connectivity index (χ0n) is 45.6. The van der Waals surface area contributed by atoms with E-state index in [4.69, 9.17) is 13.8 Å². The standard InChI is InChI=1S/C58H111N2O7P/c1-7-10-13-16-19-22-25-28-29-30-33-35-38-41-44-47-50-57(61)59-55(54-66-68(63,64)65-53-52-60(4,5)6)56(49-46-43-40-37-34-31-26-23-20-17-14-11-8-2)67-58(62)51-48-45-42-39-36-32-27-24-21-18-15-12-9-3/h29-30,32,36,46,49,55-56H,7-28,31,33-35,37-45,47-48,50-54H2,1-6H3,(H-,59,61,63,64)/p+1/b30-29+,36-32-,49-46+. The van der Waals surface area contributed by atoms with Crippen LogP contribution in [0, 0.1) is 0 Å². The van der Waals surface area contributed by atoms with Gasteiger partial charge in [0.25, 0.3) is 0 Å². The average molecular weight is 981 g/mol. The largest absolute Gasteiger partial charge is 0.472 e. The summed E-state index contributed by atoms with van der Waals surface area (Å²) in [5.41, 5.74) is 0. The number of hydrogen-bond donors (Lipinski definition) is 2. The number of nitrogens with zero attached hydrogens (tertiary/aromatic N) is 1. The van der Waals surface area contributed by atoms with Crippen molar-refractivity contribution in [2.24, 2.45) is 0 Å². The van der Waals surface area contributed by atoms with Crippen LogP contribution in [-0.4, -0.2) is 74.3 Å². The van der Waals surface area contributed by atoms with Crippen LogP contribution in [0.15, 0.2) is 36.5 Å². The molecule has 68 heavy (non-hydrogen) atoms. The van der Waals surface area contributed by atoms with Gasteiger partial charge in [-0.05, 0) is 83.1 Å². The molecule has 0 heterocycles. The number of quaternary nitrogens is 1. The lowest BCUT2D eigenvalue weighted by Crippen LogP contribution is -2.47. The minimum Gasteiger partial charge on any atom is -0.456 e. The van der Waals surface area contributed by atoms with Gasteiger partial charge in [0.05, 0.1) is 33.8 Å². The maximum absolute atomic E-state index is 13.5. The molecule has 0 aromatic heterocycles. The highest BCUT2D eigenvalue weighted by molar-refractivity contribution is 7.47. The Bertz CT molecular complexity index is 1270. The fourth-order valence-electron chi connectivity index (χ4n) is 8.28. The van der Waals surface area contributed by atoms with Crippen LogP contribution < -0.4 is 5.32 Å². The fraction of sp³-hybridized carbons (Fsp3) is 0.862. The molecule has 9 nitrogen and oxygen atoms in total. The van der Waals surface area contributed by atoms with E-state index in [9.17, 15) is 19.0 Å². The van der Waals surface area contributed by atoms with Gasteiger partial charge in [0, 0.05) is 12.8 Å². The number of nitrogens with one attached hydrogen (secondary N) is 1. The van der Waals surface area contributed by atoms with Gasteiger partial charge in [0.1, 0.15) is 19.3 Å². The molecule has 0 spiro atoms. The predicted molar refractivity (Wildman–Crippen MR) is 291 cm³/mol. The molecule has 0 fully saturated rings. The van der Waals surface area contributed by atoms with E-state index in [0.717, 1.165) is 83.5 Å². The van der Waals surface area contributed by atoms with Crippen molar-refractivity contribution in [3.63, 3.8) is 0 Å². The molecular weight excluding hydrogens is 868 g/mol. The molecule has 0 aliphatic rings. The number of carbonyl (C=O) groups excluding carboxylic acids is 2. The molecule has 0 aromatic rings. The molecule has 0 radical (unpaired) electrons. The third-order valence-electron chi connectivity index (χ3n) is 12.8. The van der Waals surface area contributed by atoms with Crippen molar-refractivity contribution in [3.05, 3.63) is 36.5 Å². The second-order valence-electron chi connectivity index (χ2n) is 20.8. The van der Waals surface area contributed by atoms with E-state index in [2.05, 4.69) is 50.4 Å². The van der Waals surface area contributed by atoms with Gasteiger partial charge < -0.3 is 19.4 Å². The third kappa shape index (κ3) is 49.2. The van der Waals surface area contributed by atoms with Crippen LogP contribution in [0.4, 0.5) is 0 Å². The normalized spacial score (nSPS) is 14.0. The maximum Gasteiger partial charge on any atom is 0.472 e. The number of ether oxygens (including phenoxy) is 1. The number of phosphoric acid groups is 1. The molecule has 3 unspecified atom stereocenters. The number of phosphoric ester groups is 1. The molecule has 10 heteroatoms. The van der Waals surface area contributed by atoms with Crippen molar-refractivity contribution in [2.45, 2.75) is 283 Å². The van der Waals surface area contributed by atoms with Gasteiger partial charge in [-0.25, -0.2) is 4.57 Å². The average Bonchev–Trinajstić information content (AvgIpc) is 3.29. The van der Waals surface area contributed by atoms with Crippen molar-refractivity contribution in [1.82, 2.24) is 5.32 Å². The van der Waals surface area contributed by atoms with Gasteiger partial charge in [-0.2, -0.15) is 0 Å². The second kappa shape index (κ2) is 48.8. The fourth-order valence-corrected chi connectivity index (χ4v) is 9.02. The number of carbonyl (C=O) groups is 2. The minimum absolute atomic E-state index is 0.0377. The number of unbranched alkanes of at least 4 members (excludes halogenated alkanes) is 32. The molecule has 1 amide bonds. The lowest BCUT2D eigenvalue weighted by molar-refractivity contribution is -0.870. The number of allylic oxidation sites excluding steroid dienone is 5. The first-order chi connectivity index (χ1) is 32.9. The number of amides is 1. The van der Waals surface area contributed by atoms with Gasteiger partial charge in [0.15, 0.2) is 0 Å². The van der Waals surface area contributed by atoms with E-state index in [-0.39, 0.29) is 31.5 Å². The highest BCUT2D eigenvalue weighted by Crippen LogP contribution is 2.43. The number of hydrogen-bond acceptors (Lipinski definition) is 6. The SMILES string of the molecule is CCCCCCCC/C=C\CCCCCC(=O)OC(/C=C/CCCCCCCCCCCCC)C(COP(=O)(O)OCC[N+](C)(C)C)NC(=O)CCCCCCC/C=C/CCCCCCCCC. The Kier molecular flexibility index (Phi) is 47.6. The summed E-state index contributed by atoms with van der Waals surface area (Å²) >= 11 is 0. The van der Waals surface area contributed by atoms with Crippen LogP contribution in [-0.2, 0) is 27.9 Å². The Morgan fingerprint density at radius 2 is 0.853 bits per heavy atom. The molecule has 0 bridgehead atoms. The minimum atomic E-state index is -4.44. The summed E-state index contributed by atoms with van der Waals surface area (Å²) in [5, 5.41) is 3.04. The van der Waals surface area contributed by atoms with Crippen molar-refractivity contribution < 1.29 is 37.3 Å². The van der Waals surface area contributed by atoms with E-state index in [1.54, 1.807) is 0 Å². The zero-order chi connectivity index (χ0) is 50.1. The molecule has 0 aliphatic carbocycles. The number of esters is 1. The zero-order valence-corrected chi connectivity index (χ0v) is 46.5. The van der Waals surface area contributed by atoms with E-state index in [0.29, 0.717) is 23.9 Å². The van der Waals surface area contributed by atoms with Gasteiger partial charge in [-0.3, -0.25) is 18.6 Å². The smallest absolute Gasteiger partial charge is 0.456 e. The Morgan fingerprint density at radius 3 is 1.26 bits per heavy atom. The highest BCUT2D eigenvalue weighted by Gasteiger charge is 2.30. The van der Waals surface area contributed by atoms with Crippen LogP contribution in [0.25, 0.3) is 0 Å². The van der Waals surface area contributed by atoms with Gasteiger partial charge in [0.2, 0.25) is 5.91 Å². The van der Waals surface area contributed by atoms with Crippen molar-refractivity contribution in [3.8, 4) is 0 Å².